The number of nitrogens with zero attached hydrogens (tertiary/aromatic N) is 4. The minimum absolute atomic E-state index is 0.733. The summed E-state index contributed by atoms with van der Waals surface area (Å²) >= 11 is 0. The van der Waals surface area contributed by atoms with Crippen molar-refractivity contribution in [2.24, 2.45) is 5.73 Å². The molecule has 0 aliphatic rings. The number of hydrogen-bond acceptors (Lipinski definition) is 4. The van der Waals surface area contributed by atoms with Crippen LogP contribution in [-0.4, -0.2) is 39.4 Å². The second kappa shape index (κ2) is 5.05. The van der Waals surface area contributed by atoms with Crippen LogP contribution in [0.3, 0.4) is 0 Å². The van der Waals surface area contributed by atoms with Crippen molar-refractivity contribution in [3.63, 3.8) is 0 Å². The number of imidazole rings is 1. The molecule has 0 atom stereocenters. The molecule has 0 fully saturated rings. The number of fused-ring (bicyclic) bond motifs is 1. The van der Waals surface area contributed by atoms with Gasteiger partial charge in [-0.05, 0) is 32.6 Å². The number of rotatable bonds is 5. The molecule has 0 saturated carbocycles. The second-order valence-electron chi connectivity index (χ2n) is 3.94. The van der Waals surface area contributed by atoms with Crippen LogP contribution >= 0.6 is 0 Å². The minimum Gasteiger partial charge on any atom is -0.330 e. The Kier molecular flexibility index (Phi) is 3.48. The molecular weight excluding hydrogens is 202 g/mol. The smallest absolute Gasteiger partial charge is 0.233 e. The third kappa shape index (κ3) is 2.56. The molecule has 0 aliphatic heterocycles. The van der Waals surface area contributed by atoms with Crippen molar-refractivity contribution in [2.45, 2.75) is 13.0 Å². The van der Waals surface area contributed by atoms with Gasteiger partial charge < -0.3 is 10.6 Å². The van der Waals surface area contributed by atoms with Crippen LogP contribution in [0.15, 0.2) is 24.7 Å². The highest BCUT2D eigenvalue weighted by Gasteiger charge is 2.04. The average molecular weight is 219 g/mol. The van der Waals surface area contributed by atoms with E-state index in [9.17, 15) is 0 Å². The lowest BCUT2D eigenvalue weighted by Gasteiger charge is -2.13. The predicted molar refractivity (Wildman–Crippen MR) is 63.0 cm³/mol. The van der Waals surface area contributed by atoms with Crippen LogP contribution in [-0.2, 0) is 6.54 Å². The number of nitrogens with two attached hydrogens (primary N) is 1. The summed E-state index contributed by atoms with van der Waals surface area (Å²) in [5, 5.41) is 0. The van der Waals surface area contributed by atoms with Crippen molar-refractivity contribution in [1.82, 2.24) is 19.3 Å². The molecule has 5 heteroatoms. The van der Waals surface area contributed by atoms with E-state index in [2.05, 4.69) is 21.9 Å². The highest BCUT2D eigenvalue weighted by molar-refractivity contribution is 5.29. The highest BCUT2D eigenvalue weighted by atomic mass is 15.1. The lowest BCUT2D eigenvalue weighted by molar-refractivity contribution is 0.321. The van der Waals surface area contributed by atoms with Crippen molar-refractivity contribution in [3.8, 4) is 0 Å². The first kappa shape index (κ1) is 11.0. The molecule has 0 radical (unpaired) electrons. The normalized spacial score (nSPS) is 11.4. The third-order valence-electron chi connectivity index (χ3n) is 2.46. The van der Waals surface area contributed by atoms with Crippen LogP contribution in [0.1, 0.15) is 12.1 Å². The zero-order valence-corrected chi connectivity index (χ0v) is 9.50. The van der Waals surface area contributed by atoms with Crippen LogP contribution in [0.4, 0.5) is 0 Å². The monoisotopic (exact) mass is 219 g/mol. The van der Waals surface area contributed by atoms with E-state index in [1.165, 1.54) is 0 Å². The lowest BCUT2D eigenvalue weighted by Crippen LogP contribution is -2.21. The fourth-order valence-corrected chi connectivity index (χ4v) is 1.67. The summed E-state index contributed by atoms with van der Waals surface area (Å²) in [6.45, 7) is 2.57. The van der Waals surface area contributed by atoms with Gasteiger partial charge in [0.2, 0.25) is 5.78 Å². The second-order valence-corrected chi connectivity index (χ2v) is 3.94. The largest absolute Gasteiger partial charge is 0.330 e. The Bertz CT molecular complexity index is 417. The van der Waals surface area contributed by atoms with Gasteiger partial charge in [-0.3, -0.25) is 4.40 Å². The highest BCUT2D eigenvalue weighted by Crippen LogP contribution is 2.04. The van der Waals surface area contributed by atoms with Gasteiger partial charge >= 0.3 is 0 Å². The summed E-state index contributed by atoms with van der Waals surface area (Å²) in [4.78, 5) is 10.8. The van der Waals surface area contributed by atoms with Gasteiger partial charge in [0, 0.05) is 25.1 Å². The van der Waals surface area contributed by atoms with Crippen molar-refractivity contribution in [1.29, 1.82) is 0 Å². The van der Waals surface area contributed by atoms with E-state index in [4.69, 9.17) is 5.73 Å². The van der Waals surface area contributed by atoms with Crippen molar-refractivity contribution in [3.05, 3.63) is 30.4 Å². The Morgan fingerprint density at radius 3 is 3.12 bits per heavy atom. The summed E-state index contributed by atoms with van der Waals surface area (Å²) in [6.07, 6.45) is 6.74. The Labute approximate surface area is 94.9 Å². The standard InChI is InChI=1S/C11H17N5/c1-15(6-2-4-12)8-10-9-16-7-3-5-13-11(16)14-10/h3,5,7,9H,2,4,6,8,12H2,1H3. The molecule has 0 aromatic carbocycles. The summed E-state index contributed by atoms with van der Waals surface area (Å²) in [6, 6.07) is 1.90. The molecule has 86 valence electrons. The first-order valence-electron chi connectivity index (χ1n) is 5.47. The summed E-state index contributed by atoms with van der Waals surface area (Å²) < 4.78 is 1.94. The molecule has 2 N–H and O–H groups in total. The molecule has 16 heavy (non-hydrogen) atoms. The zero-order chi connectivity index (χ0) is 11.4. The molecule has 2 aromatic heterocycles. The van der Waals surface area contributed by atoms with Crippen molar-refractivity contribution < 1.29 is 0 Å². The summed E-state index contributed by atoms with van der Waals surface area (Å²) in [5.41, 5.74) is 6.52. The molecule has 5 nitrogen and oxygen atoms in total. The maximum atomic E-state index is 5.48. The first-order chi connectivity index (χ1) is 7.79. The van der Waals surface area contributed by atoms with E-state index in [0.717, 1.165) is 37.5 Å². The van der Waals surface area contributed by atoms with Crippen LogP contribution in [0.2, 0.25) is 0 Å². The molecule has 0 aliphatic carbocycles. The molecule has 2 heterocycles. The molecule has 0 bridgehead atoms. The van der Waals surface area contributed by atoms with Gasteiger partial charge in [-0.15, -0.1) is 0 Å². The number of hydrogen-bond donors (Lipinski definition) is 1. The van der Waals surface area contributed by atoms with Gasteiger partial charge in [-0.2, -0.15) is 0 Å². The third-order valence-corrected chi connectivity index (χ3v) is 2.46. The van der Waals surface area contributed by atoms with E-state index in [1.54, 1.807) is 6.20 Å². The molecular formula is C11H17N5. The molecule has 2 aromatic rings. The Hall–Kier alpha value is -1.46. The maximum Gasteiger partial charge on any atom is 0.233 e. The fourth-order valence-electron chi connectivity index (χ4n) is 1.67. The maximum absolute atomic E-state index is 5.48. The summed E-state index contributed by atoms with van der Waals surface area (Å²) in [5.74, 6) is 0.754. The van der Waals surface area contributed by atoms with Gasteiger partial charge in [0.25, 0.3) is 0 Å². The zero-order valence-electron chi connectivity index (χ0n) is 9.50. The fraction of sp³-hybridized carbons (Fsp3) is 0.455. The molecule has 0 saturated heterocycles. The Morgan fingerprint density at radius 2 is 2.38 bits per heavy atom. The molecule has 0 amide bonds. The van der Waals surface area contributed by atoms with Crippen LogP contribution in [0.25, 0.3) is 5.78 Å². The van der Waals surface area contributed by atoms with Gasteiger partial charge in [0.15, 0.2) is 0 Å². The minimum atomic E-state index is 0.733. The van der Waals surface area contributed by atoms with Crippen LogP contribution < -0.4 is 5.73 Å². The van der Waals surface area contributed by atoms with E-state index < -0.39 is 0 Å². The summed E-state index contributed by atoms with van der Waals surface area (Å²) in [7, 11) is 2.08. The van der Waals surface area contributed by atoms with E-state index in [1.807, 2.05) is 22.9 Å². The predicted octanol–water partition coefficient (Wildman–Crippen LogP) is 0.510. The lowest BCUT2D eigenvalue weighted by atomic mass is 10.3. The van der Waals surface area contributed by atoms with Gasteiger partial charge in [-0.1, -0.05) is 0 Å². The van der Waals surface area contributed by atoms with E-state index in [0.29, 0.717) is 0 Å². The van der Waals surface area contributed by atoms with Crippen molar-refractivity contribution in [2.75, 3.05) is 20.1 Å². The molecule has 2 rings (SSSR count). The Morgan fingerprint density at radius 1 is 1.50 bits per heavy atom. The Balaban J connectivity index is 2.03. The van der Waals surface area contributed by atoms with Gasteiger partial charge in [0.05, 0.1) is 5.69 Å². The quantitative estimate of drug-likeness (QED) is 0.796. The topological polar surface area (TPSA) is 59.5 Å². The SMILES string of the molecule is CN(CCCN)Cc1cn2cccnc2n1. The van der Waals surface area contributed by atoms with Gasteiger partial charge in [-0.25, -0.2) is 9.97 Å². The average Bonchev–Trinajstić information content (AvgIpc) is 2.68. The first-order valence-corrected chi connectivity index (χ1v) is 5.47. The van der Waals surface area contributed by atoms with E-state index >= 15 is 0 Å². The number of aromatic nitrogens is 3. The van der Waals surface area contributed by atoms with Crippen LogP contribution in [0.5, 0.6) is 0 Å². The van der Waals surface area contributed by atoms with E-state index in [-0.39, 0.29) is 0 Å². The molecule has 0 spiro atoms. The molecule has 0 unspecified atom stereocenters. The van der Waals surface area contributed by atoms with Crippen molar-refractivity contribution >= 4 is 5.78 Å². The van der Waals surface area contributed by atoms with Crippen LogP contribution in [0, 0.1) is 0 Å². The van der Waals surface area contributed by atoms with Gasteiger partial charge in [0.1, 0.15) is 0 Å².